The first-order chi connectivity index (χ1) is 16.7. The van der Waals surface area contributed by atoms with Gasteiger partial charge in [-0.2, -0.15) is 0 Å². The number of esters is 1. The molecular formula is C22H22Cl2FN5O4S. The molecule has 0 bridgehead atoms. The number of pyridine rings is 1. The Labute approximate surface area is 214 Å². The van der Waals surface area contributed by atoms with Crippen LogP contribution < -0.4 is 15.0 Å². The second-order valence-electron chi connectivity index (χ2n) is 7.81. The molecule has 0 aliphatic carbocycles. The summed E-state index contributed by atoms with van der Waals surface area (Å²) in [6, 6.07) is 4.39. The van der Waals surface area contributed by atoms with Crippen molar-refractivity contribution in [2.45, 2.75) is 25.6 Å². The Hall–Kier alpha value is -2.89. The number of amides is 1. The van der Waals surface area contributed by atoms with Crippen LogP contribution in [0.1, 0.15) is 32.3 Å². The molecule has 1 saturated heterocycles. The number of nitrogens with zero attached hydrogens (tertiary/aromatic N) is 3. The van der Waals surface area contributed by atoms with Gasteiger partial charge in [0.15, 0.2) is 5.13 Å². The van der Waals surface area contributed by atoms with E-state index in [9.17, 15) is 9.59 Å². The summed E-state index contributed by atoms with van der Waals surface area (Å²) in [7, 11) is 2.77. The lowest BCUT2D eigenvalue weighted by molar-refractivity contribution is 0.0606. The number of aromatic amines is 1. The Morgan fingerprint density at radius 2 is 2.03 bits per heavy atom. The van der Waals surface area contributed by atoms with Gasteiger partial charge in [0.05, 0.1) is 42.5 Å². The topological polar surface area (TPSA) is 109 Å². The summed E-state index contributed by atoms with van der Waals surface area (Å²) in [5.74, 6) is -0.726. The van der Waals surface area contributed by atoms with Crippen LogP contribution in [0.3, 0.4) is 0 Å². The molecule has 0 aromatic carbocycles. The number of anilines is 1. The molecule has 186 valence electrons. The molecule has 13 heteroatoms. The van der Waals surface area contributed by atoms with Crippen LogP contribution in [-0.2, 0) is 4.74 Å². The third kappa shape index (κ3) is 5.07. The van der Waals surface area contributed by atoms with Crippen molar-refractivity contribution in [3.05, 3.63) is 44.5 Å². The Kier molecular flexibility index (Phi) is 7.48. The van der Waals surface area contributed by atoms with Crippen LogP contribution in [0.2, 0.25) is 10.0 Å². The van der Waals surface area contributed by atoms with E-state index in [1.165, 1.54) is 14.2 Å². The molecule has 1 aliphatic rings. The lowest BCUT2D eigenvalue weighted by Gasteiger charge is -2.34. The highest BCUT2D eigenvalue weighted by Gasteiger charge is 2.34. The normalized spacial score (nSPS) is 17.8. The summed E-state index contributed by atoms with van der Waals surface area (Å²) in [4.78, 5) is 38.8. The van der Waals surface area contributed by atoms with Crippen molar-refractivity contribution < 1.29 is 23.5 Å². The van der Waals surface area contributed by atoms with Crippen molar-refractivity contribution in [1.29, 1.82) is 0 Å². The van der Waals surface area contributed by atoms with Crippen LogP contribution in [0.4, 0.5) is 9.52 Å². The van der Waals surface area contributed by atoms with Crippen LogP contribution >= 0.6 is 34.5 Å². The average molecular weight is 542 g/mol. The van der Waals surface area contributed by atoms with E-state index in [2.05, 4.69) is 20.3 Å². The van der Waals surface area contributed by atoms with Crippen LogP contribution in [0.5, 0.6) is 5.88 Å². The van der Waals surface area contributed by atoms with E-state index in [0.717, 1.165) is 11.3 Å². The lowest BCUT2D eigenvalue weighted by Crippen LogP contribution is -2.52. The van der Waals surface area contributed by atoms with E-state index in [1.807, 2.05) is 0 Å². The van der Waals surface area contributed by atoms with Crippen molar-refractivity contribution in [2.75, 3.05) is 32.2 Å². The molecule has 0 spiro atoms. The standard InChI is InChI=1S/C22H22Cl2FN5O4S/c1-10-15(23)16(24)18(26-10)20(31)28-12-7-8-30(9-11(12)25)22-29-17(19(35-22)21(32)34-3)13-5-4-6-14(27-13)33-2/h4-6,11-12,26H,7-9H2,1-3H3,(H,28,31). The van der Waals surface area contributed by atoms with Gasteiger partial charge in [-0.3, -0.25) is 4.79 Å². The monoisotopic (exact) mass is 541 g/mol. The molecular weight excluding hydrogens is 520 g/mol. The Morgan fingerprint density at radius 3 is 2.66 bits per heavy atom. The van der Waals surface area contributed by atoms with Crippen molar-refractivity contribution in [1.82, 2.24) is 20.3 Å². The van der Waals surface area contributed by atoms with Gasteiger partial charge in [0, 0.05) is 18.3 Å². The van der Waals surface area contributed by atoms with Crippen molar-refractivity contribution in [3.63, 3.8) is 0 Å². The average Bonchev–Trinajstić information content (AvgIpc) is 3.42. The van der Waals surface area contributed by atoms with Gasteiger partial charge in [0.2, 0.25) is 5.88 Å². The van der Waals surface area contributed by atoms with Crippen molar-refractivity contribution >= 4 is 51.5 Å². The van der Waals surface area contributed by atoms with E-state index < -0.39 is 24.1 Å². The van der Waals surface area contributed by atoms with E-state index >= 15 is 4.39 Å². The van der Waals surface area contributed by atoms with Gasteiger partial charge < -0.3 is 24.7 Å². The first-order valence-corrected chi connectivity index (χ1v) is 12.1. The summed E-state index contributed by atoms with van der Waals surface area (Å²) in [6.45, 7) is 2.07. The van der Waals surface area contributed by atoms with Crippen LogP contribution in [0, 0.1) is 6.92 Å². The Morgan fingerprint density at radius 1 is 1.26 bits per heavy atom. The lowest BCUT2D eigenvalue weighted by atomic mass is 10.0. The number of alkyl halides is 1. The number of halogens is 3. The van der Waals surface area contributed by atoms with Crippen LogP contribution in [0.25, 0.3) is 11.4 Å². The molecule has 4 heterocycles. The highest BCUT2D eigenvalue weighted by atomic mass is 35.5. The number of aromatic nitrogens is 3. The molecule has 0 radical (unpaired) electrons. The first kappa shape index (κ1) is 25.2. The molecule has 2 atom stereocenters. The van der Waals surface area contributed by atoms with Crippen LogP contribution in [0.15, 0.2) is 18.2 Å². The van der Waals surface area contributed by atoms with E-state index in [4.69, 9.17) is 32.7 Å². The molecule has 35 heavy (non-hydrogen) atoms. The Balaban J connectivity index is 1.52. The number of nitrogens with one attached hydrogen (secondary N) is 2. The van der Waals surface area contributed by atoms with E-state index in [1.54, 1.807) is 30.0 Å². The van der Waals surface area contributed by atoms with Gasteiger partial charge in [-0.25, -0.2) is 19.2 Å². The molecule has 3 aromatic rings. The zero-order valence-corrected chi connectivity index (χ0v) is 21.4. The Bertz CT molecular complexity index is 1270. The third-order valence-electron chi connectivity index (χ3n) is 5.57. The highest BCUT2D eigenvalue weighted by molar-refractivity contribution is 7.17. The fraction of sp³-hybridized carbons (Fsp3) is 0.364. The molecule has 1 amide bonds. The van der Waals surface area contributed by atoms with Gasteiger partial charge in [-0.1, -0.05) is 40.6 Å². The quantitative estimate of drug-likeness (QED) is 0.448. The minimum Gasteiger partial charge on any atom is -0.481 e. The molecule has 2 unspecified atom stereocenters. The smallest absolute Gasteiger partial charge is 0.350 e. The van der Waals surface area contributed by atoms with Gasteiger partial charge in [0.25, 0.3) is 5.91 Å². The van der Waals surface area contributed by atoms with Gasteiger partial charge in [0.1, 0.15) is 22.4 Å². The molecule has 4 rings (SSSR count). The number of H-pyrrole nitrogens is 1. The maximum atomic E-state index is 15.1. The largest absolute Gasteiger partial charge is 0.481 e. The number of methoxy groups -OCH3 is 2. The third-order valence-corrected chi connectivity index (χ3v) is 7.61. The molecule has 2 N–H and O–H groups in total. The number of hydrogen-bond donors (Lipinski definition) is 2. The second-order valence-corrected chi connectivity index (χ2v) is 9.55. The van der Waals surface area contributed by atoms with Gasteiger partial charge >= 0.3 is 5.97 Å². The number of hydrogen-bond acceptors (Lipinski definition) is 8. The fourth-order valence-electron chi connectivity index (χ4n) is 3.72. The highest BCUT2D eigenvalue weighted by Crippen LogP contribution is 2.35. The number of carbonyl (C=O) groups is 2. The van der Waals surface area contributed by atoms with E-state index in [0.29, 0.717) is 41.1 Å². The maximum Gasteiger partial charge on any atom is 0.350 e. The second kappa shape index (κ2) is 10.4. The fourth-order valence-corrected chi connectivity index (χ4v) is 5.16. The zero-order valence-electron chi connectivity index (χ0n) is 19.0. The first-order valence-electron chi connectivity index (χ1n) is 10.6. The number of carbonyl (C=O) groups excluding carboxylic acids is 2. The zero-order chi connectivity index (χ0) is 25.3. The SMILES string of the molecule is COC(=O)c1sc(N2CCC(NC(=O)c3[nH]c(C)c(Cl)c3Cl)C(F)C2)nc1-c1cccc(OC)n1. The summed E-state index contributed by atoms with van der Waals surface area (Å²) < 4.78 is 25.2. The van der Waals surface area contributed by atoms with Crippen molar-refractivity contribution in [2.24, 2.45) is 0 Å². The molecule has 9 nitrogen and oxygen atoms in total. The minimum atomic E-state index is -1.39. The molecule has 0 saturated carbocycles. The minimum absolute atomic E-state index is 0.0255. The van der Waals surface area contributed by atoms with Gasteiger partial charge in [-0.15, -0.1) is 0 Å². The predicted octanol–water partition coefficient (Wildman–Crippen LogP) is 4.29. The van der Waals surface area contributed by atoms with Crippen LogP contribution in [-0.4, -0.2) is 66.4 Å². The molecule has 3 aromatic heterocycles. The summed E-state index contributed by atoms with van der Waals surface area (Å²) in [5, 5.41) is 3.50. The van der Waals surface area contributed by atoms with Gasteiger partial charge in [-0.05, 0) is 19.4 Å². The summed E-state index contributed by atoms with van der Waals surface area (Å²) in [6.07, 6.45) is -1.07. The summed E-state index contributed by atoms with van der Waals surface area (Å²) >= 11 is 13.2. The molecule has 1 aliphatic heterocycles. The number of aryl methyl sites for hydroxylation is 1. The maximum absolute atomic E-state index is 15.1. The van der Waals surface area contributed by atoms with Crippen molar-refractivity contribution in [3.8, 4) is 17.3 Å². The number of piperidine rings is 1. The number of thiazole rings is 1. The summed E-state index contributed by atoms with van der Waals surface area (Å²) in [5.41, 5.74) is 1.42. The molecule has 1 fully saturated rings. The van der Waals surface area contributed by atoms with E-state index in [-0.39, 0.29) is 27.2 Å². The number of rotatable bonds is 6. The number of ether oxygens (including phenoxy) is 2. The predicted molar refractivity (Wildman–Crippen MR) is 132 cm³/mol.